The summed E-state index contributed by atoms with van der Waals surface area (Å²) in [5.74, 6) is 0. The molecule has 0 unspecified atom stereocenters. The van der Waals surface area contributed by atoms with E-state index in [0.717, 1.165) is 33.3 Å². The lowest BCUT2D eigenvalue weighted by atomic mass is 10.0. The highest BCUT2D eigenvalue weighted by Gasteiger charge is 2.10. The fourth-order valence-corrected chi connectivity index (χ4v) is 4.12. The van der Waals surface area contributed by atoms with Gasteiger partial charge >= 0.3 is 0 Å². The van der Waals surface area contributed by atoms with E-state index in [1.807, 2.05) is 18.2 Å². The van der Waals surface area contributed by atoms with Crippen LogP contribution in [0, 0.1) is 0 Å². The van der Waals surface area contributed by atoms with Gasteiger partial charge < -0.3 is 9.73 Å². The summed E-state index contributed by atoms with van der Waals surface area (Å²) >= 11 is 0. The van der Waals surface area contributed by atoms with Crippen LogP contribution in [0.1, 0.15) is 0 Å². The Kier molecular flexibility index (Phi) is 3.82. The van der Waals surface area contributed by atoms with Gasteiger partial charge in [0, 0.05) is 16.5 Å². The average Bonchev–Trinajstić information content (AvgIpc) is 3.19. The lowest BCUT2D eigenvalue weighted by Crippen LogP contribution is -1.90. The van der Waals surface area contributed by atoms with Gasteiger partial charge in [-0.1, -0.05) is 78.9 Å². The van der Waals surface area contributed by atoms with Crippen molar-refractivity contribution in [2.24, 2.45) is 0 Å². The topological polar surface area (TPSA) is 25.2 Å². The van der Waals surface area contributed by atoms with E-state index in [-0.39, 0.29) is 0 Å². The fourth-order valence-electron chi connectivity index (χ4n) is 4.12. The van der Waals surface area contributed by atoms with E-state index < -0.39 is 0 Å². The molecule has 0 aliphatic carbocycles. The number of benzene rings is 5. The highest BCUT2D eigenvalue weighted by Crippen LogP contribution is 2.35. The maximum atomic E-state index is 6.13. The van der Waals surface area contributed by atoms with Crippen LogP contribution in [0.5, 0.6) is 0 Å². The Morgan fingerprint density at radius 1 is 0.533 bits per heavy atom. The normalized spacial score (nSPS) is 11.3. The van der Waals surface area contributed by atoms with Gasteiger partial charge in [0.05, 0.1) is 5.69 Å². The van der Waals surface area contributed by atoms with Crippen LogP contribution in [0.2, 0.25) is 0 Å². The smallest absolute Gasteiger partial charge is 0.158 e. The molecule has 0 radical (unpaired) electrons. The number of rotatable bonds is 3. The van der Waals surface area contributed by atoms with Crippen molar-refractivity contribution in [1.29, 1.82) is 0 Å². The van der Waals surface area contributed by atoms with E-state index in [1.54, 1.807) is 0 Å². The van der Waals surface area contributed by atoms with Crippen molar-refractivity contribution in [1.82, 2.24) is 0 Å². The van der Waals surface area contributed by atoms with E-state index in [0.29, 0.717) is 0 Å². The molecule has 0 atom stereocenters. The molecule has 1 aromatic heterocycles. The summed E-state index contributed by atoms with van der Waals surface area (Å²) in [7, 11) is 0. The first kappa shape index (κ1) is 16.9. The largest absolute Gasteiger partial charge is 0.454 e. The average molecular weight is 385 g/mol. The van der Waals surface area contributed by atoms with Gasteiger partial charge in [-0.2, -0.15) is 0 Å². The molecule has 5 aromatic carbocycles. The maximum Gasteiger partial charge on any atom is 0.158 e. The second kappa shape index (κ2) is 6.78. The molecule has 1 N–H and O–H groups in total. The molecular weight excluding hydrogens is 366 g/mol. The highest BCUT2D eigenvalue weighted by atomic mass is 16.3. The minimum Gasteiger partial charge on any atom is -0.454 e. The van der Waals surface area contributed by atoms with Gasteiger partial charge in [-0.25, -0.2) is 0 Å². The quantitative estimate of drug-likeness (QED) is 0.332. The van der Waals surface area contributed by atoms with Gasteiger partial charge in [-0.3, -0.25) is 0 Å². The summed E-state index contributed by atoms with van der Waals surface area (Å²) in [4.78, 5) is 0. The summed E-state index contributed by atoms with van der Waals surface area (Å²) in [6.45, 7) is 0. The van der Waals surface area contributed by atoms with Gasteiger partial charge in [-0.05, 0) is 52.2 Å². The molecule has 30 heavy (non-hydrogen) atoms. The Labute approximate surface area is 174 Å². The third-order valence-electron chi connectivity index (χ3n) is 5.65. The van der Waals surface area contributed by atoms with E-state index in [4.69, 9.17) is 4.42 Å². The number of furan rings is 1. The number of nitrogens with one attached hydrogen (secondary N) is 1. The molecule has 0 saturated heterocycles. The van der Waals surface area contributed by atoms with Crippen molar-refractivity contribution in [2.45, 2.75) is 0 Å². The van der Waals surface area contributed by atoms with Crippen LogP contribution in [0.25, 0.3) is 43.8 Å². The predicted octanol–water partition coefficient (Wildman–Crippen LogP) is 8.15. The summed E-state index contributed by atoms with van der Waals surface area (Å²) in [6, 6.07) is 38.0. The lowest BCUT2D eigenvalue weighted by molar-refractivity contribution is 0.670. The number of fused-ring (bicyclic) bond motifs is 4. The van der Waals surface area contributed by atoms with Gasteiger partial charge in [0.1, 0.15) is 5.58 Å². The first-order valence-electron chi connectivity index (χ1n) is 10.1. The van der Waals surface area contributed by atoms with Crippen molar-refractivity contribution in [3.8, 4) is 11.1 Å². The van der Waals surface area contributed by atoms with Crippen LogP contribution < -0.4 is 5.32 Å². The molecule has 6 aromatic rings. The van der Waals surface area contributed by atoms with Crippen LogP contribution in [0.3, 0.4) is 0 Å². The first-order chi connectivity index (χ1) is 14.8. The zero-order valence-corrected chi connectivity index (χ0v) is 16.3. The minimum absolute atomic E-state index is 0.886. The number of anilines is 2. The Morgan fingerprint density at radius 2 is 1.27 bits per heavy atom. The van der Waals surface area contributed by atoms with E-state index in [1.165, 1.54) is 21.9 Å². The van der Waals surface area contributed by atoms with Crippen molar-refractivity contribution in [3.05, 3.63) is 109 Å². The second-order valence-corrected chi connectivity index (χ2v) is 7.54. The first-order valence-corrected chi connectivity index (χ1v) is 10.1. The van der Waals surface area contributed by atoms with Gasteiger partial charge in [0.25, 0.3) is 0 Å². The van der Waals surface area contributed by atoms with Crippen LogP contribution in [0.4, 0.5) is 11.4 Å². The predicted molar refractivity (Wildman–Crippen MR) is 126 cm³/mol. The van der Waals surface area contributed by atoms with Crippen LogP contribution in [-0.2, 0) is 0 Å². The molecule has 0 amide bonds. The van der Waals surface area contributed by atoms with E-state index in [2.05, 4.69) is 96.3 Å². The molecule has 0 fully saturated rings. The van der Waals surface area contributed by atoms with Crippen molar-refractivity contribution in [3.63, 3.8) is 0 Å². The third-order valence-corrected chi connectivity index (χ3v) is 5.65. The minimum atomic E-state index is 0.886. The Bertz CT molecular complexity index is 1510. The SMILES string of the molecule is c1ccc2cc(-c3ccc(Nc4cccc5c4oc4ccccc45)cc3)ccc2c1. The summed E-state index contributed by atoms with van der Waals surface area (Å²) in [5.41, 5.74) is 6.23. The van der Waals surface area contributed by atoms with Gasteiger partial charge in [-0.15, -0.1) is 0 Å². The van der Waals surface area contributed by atoms with Gasteiger partial charge in [0.2, 0.25) is 0 Å². The molecule has 2 nitrogen and oxygen atoms in total. The third kappa shape index (κ3) is 2.82. The molecule has 142 valence electrons. The fraction of sp³-hybridized carbons (Fsp3) is 0. The molecular formula is C28H19NO. The lowest BCUT2D eigenvalue weighted by Gasteiger charge is -2.09. The van der Waals surface area contributed by atoms with Crippen molar-refractivity contribution >= 4 is 44.1 Å². The number of hydrogen-bond donors (Lipinski definition) is 1. The molecule has 0 saturated carbocycles. The summed E-state index contributed by atoms with van der Waals surface area (Å²) in [6.07, 6.45) is 0. The monoisotopic (exact) mass is 385 g/mol. The zero-order valence-electron chi connectivity index (χ0n) is 16.3. The molecule has 0 aliphatic rings. The Morgan fingerprint density at radius 3 is 2.17 bits per heavy atom. The van der Waals surface area contributed by atoms with Crippen LogP contribution in [-0.4, -0.2) is 0 Å². The van der Waals surface area contributed by atoms with Gasteiger partial charge in [0.15, 0.2) is 5.58 Å². The Hall–Kier alpha value is -4.04. The molecule has 0 bridgehead atoms. The zero-order chi connectivity index (χ0) is 19.9. The van der Waals surface area contributed by atoms with Crippen LogP contribution >= 0.6 is 0 Å². The van der Waals surface area contributed by atoms with E-state index in [9.17, 15) is 0 Å². The van der Waals surface area contributed by atoms with Crippen LogP contribution in [0.15, 0.2) is 114 Å². The summed E-state index contributed by atoms with van der Waals surface area (Å²) in [5, 5.41) is 8.31. The number of hydrogen-bond acceptors (Lipinski definition) is 2. The molecule has 0 spiro atoms. The second-order valence-electron chi connectivity index (χ2n) is 7.54. The molecule has 2 heteroatoms. The summed E-state index contributed by atoms with van der Waals surface area (Å²) < 4.78 is 6.13. The van der Waals surface area contributed by atoms with Crippen molar-refractivity contribution in [2.75, 3.05) is 5.32 Å². The molecule has 6 rings (SSSR count). The number of para-hydroxylation sites is 2. The standard InChI is InChI=1S/C28H19NO/c1-2-7-21-18-22(13-12-19(21)6-1)20-14-16-23(17-15-20)29-26-10-5-9-25-24-8-3-4-11-27(24)30-28(25)26/h1-18,29H. The molecule has 1 heterocycles. The van der Waals surface area contributed by atoms with Crippen molar-refractivity contribution < 1.29 is 4.42 Å². The Balaban J connectivity index is 1.34. The highest BCUT2D eigenvalue weighted by molar-refractivity contribution is 6.09. The van der Waals surface area contributed by atoms with E-state index >= 15 is 0 Å². The molecule has 0 aliphatic heterocycles. The maximum absolute atomic E-state index is 6.13.